The molecule has 1 N–H and O–H groups in total. The van der Waals surface area contributed by atoms with Crippen molar-refractivity contribution in [3.05, 3.63) is 29.8 Å². The van der Waals surface area contributed by atoms with Gasteiger partial charge in [0.1, 0.15) is 0 Å². The van der Waals surface area contributed by atoms with Gasteiger partial charge in [-0.25, -0.2) is 4.99 Å². The number of thioether (sulfide) groups is 1. The zero-order valence-corrected chi connectivity index (χ0v) is 12.6. The maximum absolute atomic E-state index is 8.71. The van der Waals surface area contributed by atoms with Gasteiger partial charge in [0.25, 0.3) is 0 Å². The van der Waals surface area contributed by atoms with Crippen LogP contribution < -0.4 is 5.32 Å². The normalized spacial score (nSPS) is 16.7. The topological polar surface area (TPSA) is 51.4 Å². The fraction of sp³-hybridized carbons (Fsp3) is 0.467. The predicted molar refractivity (Wildman–Crippen MR) is 84.9 cm³/mol. The summed E-state index contributed by atoms with van der Waals surface area (Å²) in [5.41, 5.74) is 2.17. The van der Waals surface area contributed by atoms with Gasteiger partial charge < -0.3 is 0 Å². The molecule has 0 spiro atoms. The van der Waals surface area contributed by atoms with Crippen molar-refractivity contribution in [3.8, 4) is 6.19 Å². The molecule has 0 amide bonds. The molecule has 1 heterocycles. The summed E-state index contributed by atoms with van der Waals surface area (Å²) in [5, 5.41) is 12.0. The predicted octanol–water partition coefficient (Wildman–Crippen LogP) is 3.09. The summed E-state index contributed by atoms with van der Waals surface area (Å²) < 4.78 is 0. The maximum atomic E-state index is 8.71. The molecular formula is C15H20N4S. The lowest BCUT2D eigenvalue weighted by molar-refractivity contribution is 0.221. The first-order valence-electron chi connectivity index (χ1n) is 6.91. The van der Waals surface area contributed by atoms with Crippen LogP contribution in [0.25, 0.3) is 0 Å². The summed E-state index contributed by atoms with van der Waals surface area (Å²) in [6.07, 6.45) is 7.77. The van der Waals surface area contributed by atoms with Gasteiger partial charge in [-0.1, -0.05) is 36.4 Å². The van der Waals surface area contributed by atoms with Crippen LogP contribution in [-0.2, 0) is 6.54 Å². The molecule has 1 aromatic rings. The molecule has 2 rings (SSSR count). The highest BCUT2D eigenvalue weighted by molar-refractivity contribution is 8.13. The first-order chi connectivity index (χ1) is 9.83. The van der Waals surface area contributed by atoms with E-state index in [1.54, 1.807) is 0 Å². The molecule has 106 valence electrons. The number of hydrogen-bond acceptors (Lipinski definition) is 4. The first kappa shape index (κ1) is 14.9. The Bertz CT molecular complexity index is 501. The number of hydrogen-bond donors (Lipinski definition) is 1. The molecule has 1 aromatic carbocycles. The molecule has 4 nitrogen and oxygen atoms in total. The minimum Gasteiger partial charge on any atom is -0.299 e. The van der Waals surface area contributed by atoms with Gasteiger partial charge in [-0.2, -0.15) is 5.26 Å². The number of nitriles is 1. The van der Waals surface area contributed by atoms with Gasteiger partial charge in [-0.15, -0.1) is 0 Å². The second kappa shape index (κ2) is 7.93. The van der Waals surface area contributed by atoms with Crippen LogP contribution >= 0.6 is 11.8 Å². The lowest BCUT2D eigenvalue weighted by atomic mass is 10.1. The van der Waals surface area contributed by atoms with Gasteiger partial charge in [0.15, 0.2) is 11.4 Å². The first-order valence-corrected chi connectivity index (χ1v) is 8.14. The van der Waals surface area contributed by atoms with Crippen molar-refractivity contribution < 1.29 is 0 Å². The fourth-order valence-electron chi connectivity index (χ4n) is 2.39. The Morgan fingerprint density at radius 3 is 2.80 bits per heavy atom. The Labute approximate surface area is 124 Å². The highest BCUT2D eigenvalue weighted by Crippen LogP contribution is 2.23. The maximum Gasteiger partial charge on any atom is 0.183 e. The Hall–Kier alpha value is -1.51. The van der Waals surface area contributed by atoms with E-state index >= 15 is 0 Å². The Morgan fingerprint density at radius 2 is 2.10 bits per heavy atom. The number of para-hydroxylation sites is 1. The molecule has 1 aliphatic rings. The highest BCUT2D eigenvalue weighted by Gasteiger charge is 2.12. The number of rotatable bonds is 3. The molecule has 0 saturated carbocycles. The second-order valence-corrected chi connectivity index (χ2v) is 5.62. The summed E-state index contributed by atoms with van der Waals surface area (Å²) in [6.45, 7) is 3.28. The molecule has 0 aromatic heterocycles. The van der Waals surface area contributed by atoms with Gasteiger partial charge >= 0.3 is 0 Å². The van der Waals surface area contributed by atoms with Crippen molar-refractivity contribution >= 4 is 22.6 Å². The van der Waals surface area contributed by atoms with Crippen molar-refractivity contribution in [2.45, 2.75) is 25.8 Å². The quantitative estimate of drug-likeness (QED) is 0.402. The van der Waals surface area contributed by atoms with Crippen molar-refractivity contribution in [1.82, 2.24) is 10.2 Å². The van der Waals surface area contributed by atoms with Crippen LogP contribution in [0.3, 0.4) is 0 Å². The monoisotopic (exact) mass is 288 g/mol. The lowest BCUT2D eigenvalue weighted by Gasteiger charge is -2.26. The van der Waals surface area contributed by atoms with Gasteiger partial charge in [-0.05, 0) is 43.8 Å². The molecule has 0 radical (unpaired) electrons. The Morgan fingerprint density at radius 1 is 1.35 bits per heavy atom. The van der Waals surface area contributed by atoms with Crippen LogP contribution in [0.4, 0.5) is 5.69 Å². The third-order valence-electron chi connectivity index (χ3n) is 3.41. The lowest BCUT2D eigenvalue weighted by Crippen LogP contribution is -2.29. The zero-order valence-electron chi connectivity index (χ0n) is 11.8. The molecule has 1 fully saturated rings. The van der Waals surface area contributed by atoms with Crippen molar-refractivity contribution in [3.63, 3.8) is 0 Å². The number of nitrogens with zero attached hydrogens (tertiary/aromatic N) is 3. The summed E-state index contributed by atoms with van der Waals surface area (Å²) in [5.74, 6) is 0. The third kappa shape index (κ3) is 4.26. The van der Waals surface area contributed by atoms with Crippen LogP contribution in [0.5, 0.6) is 0 Å². The minimum absolute atomic E-state index is 0.638. The molecule has 0 bridgehead atoms. The number of amidine groups is 1. The van der Waals surface area contributed by atoms with E-state index in [1.165, 1.54) is 49.7 Å². The van der Waals surface area contributed by atoms with Crippen LogP contribution in [0.15, 0.2) is 29.3 Å². The molecule has 0 atom stereocenters. The molecule has 0 unspecified atom stereocenters. The summed E-state index contributed by atoms with van der Waals surface area (Å²) in [7, 11) is 0. The zero-order chi connectivity index (χ0) is 14.2. The van der Waals surface area contributed by atoms with E-state index in [2.05, 4.69) is 27.3 Å². The van der Waals surface area contributed by atoms with E-state index in [-0.39, 0.29) is 0 Å². The van der Waals surface area contributed by atoms with E-state index in [9.17, 15) is 0 Å². The highest BCUT2D eigenvalue weighted by atomic mass is 32.2. The van der Waals surface area contributed by atoms with Crippen molar-refractivity contribution in [1.29, 1.82) is 5.26 Å². The average molecular weight is 288 g/mol. The van der Waals surface area contributed by atoms with Gasteiger partial charge in [0, 0.05) is 6.54 Å². The van der Waals surface area contributed by atoms with Crippen LogP contribution in [0.1, 0.15) is 24.8 Å². The summed E-state index contributed by atoms with van der Waals surface area (Å²) >= 11 is 1.45. The van der Waals surface area contributed by atoms with E-state index in [0.717, 1.165) is 12.2 Å². The van der Waals surface area contributed by atoms with Crippen molar-refractivity contribution in [2.75, 3.05) is 19.3 Å². The van der Waals surface area contributed by atoms with Crippen molar-refractivity contribution in [2.24, 2.45) is 4.99 Å². The summed E-state index contributed by atoms with van der Waals surface area (Å²) in [4.78, 5) is 7.03. The standard InChI is InChI=1S/C15H20N4S/c1-20-15(17-12-16)18-14-8-4-3-7-13(14)11-19-9-5-2-6-10-19/h3-4,7-8H,2,5-6,9-11H2,1H3,(H,17,18). The fourth-order valence-corrected chi connectivity index (χ4v) is 2.73. The van der Waals surface area contributed by atoms with E-state index in [0.29, 0.717) is 5.17 Å². The second-order valence-electron chi connectivity index (χ2n) is 4.82. The number of likely N-dealkylation sites (tertiary alicyclic amines) is 1. The van der Waals surface area contributed by atoms with Crippen LogP contribution in [0, 0.1) is 11.5 Å². The molecule has 5 heteroatoms. The Kier molecular flexibility index (Phi) is 5.90. The molecule has 0 aliphatic carbocycles. The molecule has 20 heavy (non-hydrogen) atoms. The van der Waals surface area contributed by atoms with Gasteiger partial charge in [0.05, 0.1) is 5.69 Å². The minimum atomic E-state index is 0.638. The van der Waals surface area contributed by atoms with E-state index < -0.39 is 0 Å². The smallest absolute Gasteiger partial charge is 0.183 e. The molecular weight excluding hydrogens is 268 g/mol. The number of aliphatic imine (C=N–C) groups is 1. The Balaban J connectivity index is 2.15. The number of benzene rings is 1. The number of nitrogens with one attached hydrogen (secondary N) is 1. The van der Waals surface area contributed by atoms with E-state index in [4.69, 9.17) is 5.26 Å². The average Bonchev–Trinajstić information content (AvgIpc) is 2.49. The number of piperidine rings is 1. The van der Waals surface area contributed by atoms with Crippen LogP contribution in [0.2, 0.25) is 0 Å². The van der Waals surface area contributed by atoms with Crippen LogP contribution in [-0.4, -0.2) is 29.4 Å². The van der Waals surface area contributed by atoms with Gasteiger partial charge in [-0.3, -0.25) is 10.2 Å². The third-order valence-corrected chi connectivity index (χ3v) is 3.99. The van der Waals surface area contributed by atoms with E-state index in [1.807, 2.05) is 24.6 Å². The summed E-state index contributed by atoms with van der Waals surface area (Å²) in [6, 6.07) is 8.17. The van der Waals surface area contributed by atoms with Gasteiger partial charge in [0.2, 0.25) is 0 Å². The largest absolute Gasteiger partial charge is 0.299 e. The SMILES string of the molecule is CSC(=Nc1ccccc1CN1CCCCC1)NC#N. The molecule has 1 aliphatic heterocycles. The molecule has 1 saturated heterocycles.